The van der Waals surface area contributed by atoms with E-state index in [9.17, 15) is 14.4 Å². The fraction of sp³-hybridized carbons (Fsp3) is 0.286. The van der Waals surface area contributed by atoms with Gasteiger partial charge in [-0.05, 0) is 43.5 Å². The van der Waals surface area contributed by atoms with E-state index in [1.807, 2.05) is 19.1 Å². The van der Waals surface area contributed by atoms with Gasteiger partial charge >= 0.3 is 0 Å². The molecule has 2 aromatic heterocycles. The summed E-state index contributed by atoms with van der Waals surface area (Å²) < 4.78 is 0. The molecule has 0 aromatic carbocycles. The lowest BCUT2D eigenvalue weighted by Crippen LogP contribution is -2.38. The number of hydrogen-bond donors (Lipinski definition) is 1. The summed E-state index contributed by atoms with van der Waals surface area (Å²) in [6.07, 6.45) is 6.42. The molecule has 0 spiro atoms. The van der Waals surface area contributed by atoms with Gasteiger partial charge in [-0.1, -0.05) is 0 Å². The molecule has 0 fully saturated rings. The smallest absolute Gasteiger partial charge is 0.277 e. The number of nitrogens with zero attached hydrogens (tertiary/aromatic N) is 4. The normalized spacial score (nSPS) is 16.3. The monoisotopic (exact) mass is 391 g/mol. The Hall–Kier alpha value is -3.55. The van der Waals surface area contributed by atoms with Crippen LogP contribution in [0.15, 0.2) is 48.1 Å². The molecule has 0 saturated carbocycles. The zero-order valence-electron chi connectivity index (χ0n) is 16.3. The van der Waals surface area contributed by atoms with Crippen LogP contribution in [0.4, 0.5) is 5.69 Å². The van der Waals surface area contributed by atoms with E-state index in [0.717, 1.165) is 28.1 Å². The minimum absolute atomic E-state index is 0.00917. The first kappa shape index (κ1) is 18.8. The van der Waals surface area contributed by atoms with Crippen LogP contribution in [0, 0.1) is 6.92 Å². The van der Waals surface area contributed by atoms with E-state index in [4.69, 9.17) is 0 Å². The summed E-state index contributed by atoms with van der Waals surface area (Å²) in [4.78, 5) is 48.4. The van der Waals surface area contributed by atoms with Crippen molar-refractivity contribution >= 4 is 23.4 Å². The zero-order chi connectivity index (χ0) is 20.5. The summed E-state index contributed by atoms with van der Waals surface area (Å²) in [6.45, 7) is 2.54. The Bertz CT molecular complexity index is 1030. The highest BCUT2D eigenvalue weighted by atomic mass is 16.2. The molecule has 2 aliphatic rings. The molecule has 0 radical (unpaired) electrons. The Morgan fingerprint density at radius 1 is 1.17 bits per heavy atom. The number of imide groups is 1. The minimum atomic E-state index is -0.338. The number of nitrogens with one attached hydrogen (secondary N) is 1. The predicted molar refractivity (Wildman–Crippen MR) is 106 cm³/mol. The van der Waals surface area contributed by atoms with E-state index >= 15 is 0 Å². The molecular weight excluding hydrogens is 370 g/mol. The van der Waals surface area contributed by atoms with Gasteiger partial charge in [-0.2, -0.15) is 0 Å². The van der Waals surface area contributed by atoms with Crippen molar-refractivity contribution < 1.29 is 14.4 Å². The van der Waals surface area contributed by atoms with Crippen LogP contribution in [0.25, 0.3) is 11.3 Å². The molecule has 0 aliphatic carbocycles. The zero-order valence-corrected chi connectivity index (χ0v) is 16.3. The number of likely N-dealkylation sites (N-methyl/N-ethyl adjacent to an activating group) is 1. The van der Waals surface area contributed by atoms with Crippen LogP contribution in [-0.4, -0.2) is 57.6 Å². The van der Waals surface area contributed by atoms with Gasteiger partial charge in [0.15, 0.2) is 0 Å². The number of aromatic nitrogens is 2. The summed E-state index contributed by atoms with van der Waals surface area (Å²) in [6, 6.07) is 5.59. The van der Waals surface area contributed by atoms with Gasteiger partial charge in [-0.25, -0.2) is 0 Å². The van der Waals surface area contributed by atoms with Gasteiger partial charge in [0.1, 0.15) is 5.70 Å². The molecular formula is C21H21N5O3. The summed E-state index contributed by atoms with van der Waals surface area (Å²) in [5.74, 6) is -0.865. The van der Waals surface area contributed by atoms with E-state index in [1.54, 1.807) is 29.6 Å². The van der Waals surface area contributed by atoms with E-state index in [1.165, 1.54) is 7.05 Å². The SMILES string of the molecule is Cc1cncc(-c2ccc(NC(=O)CN3CCCC4=C3C(=O)N(C)C4=O)cn2)c1. The molecule has 8 nitrogen and oxygen atoms in total. The summed E-state index contributed by atoms with van der Waals surface area (Å²) >= 11 is 0. The Balaban J connectivity index is 1.44. The van der Waals surface area contributed by atoms with Crippen LogP contribution in [0.5, 0.6) is 0 Å². The van der Waals surface area contributed by atoms with Crippen molar-refractivity contribution in [3.63, 3.8) is 0 Å². The Morgan fingerprint density at radius 3 is 2.72 bits per heavy atom. The number of hydrogen-bond acceptors (Lipinski definition) is 6. The average molecular weight is 391 g/mol. The third-order valence-electron chi connectivity index (χ3n) is 5.08. The second-order valence-corrected chi connectivity index (χ2v) is 7.25. The number of carbonyl (C=O) groups excluding carboxylic acids is 3. The molecule has 0 atom stereocenters. The largest absolute Gasteiger partial charge is 0.357 e. The standard InChI is InChI=1S/C21H21N5O3/c1-13-8-14(10-22-9-13)17-6-5-15(11-23-17)24-18(27)12-26-7-3-4-16-19(26)21(29)25(2)20(16)28/h5-6,8-11H,3-4,7,12H2,1-2H3,(H,24,27). The van der Waals surface area contributed by atoms with Crippen LogP contribution in [0.2, 0.25) is 0 Å². The number of aryl methyl sites for hydroxylation is 1. The first-order chi connectivity index (χ1) is 13.9. The molecule has 148 valence electrons. The van der Waals surface area contributed by atoms with Gasteiger partial charge in [0.25, 0.3) is 11.8 Å². The van der Waals surface area contributed by atoms with Gasteiger partial charge in [0.05, 0.1) is 24.1 Å². The van der Waals surface area contributed by atoms with Crippen molar-refractivity contribution in [2.24, 2.45) is 0 Å². The Morgan fingerprint density at radius 2 is 2.00 bits per heavy atom. The van der Waals surface area contributed by atoms with Crippen LogP contribution in [-0.2, 0) is 14.4 Å². The topological polar surface area (TPSA) is 95.5 Å². The molecule has 0 unspecified atom stereocenters. The second-order valence-electron chi connectivity index (χ2n) is 7.25. The maximum absolute atomic E-state index is 12.5. The lowest BCUT2D eigenvalue weighted by atomic mass is 10.0. The van der Waals surface area contributed by atoms with Crippen molar-refractivity contribution in [1.29, 1.82) is 0 Å². The second kappa shape index (κ2) is 7.46. The molecule has 2 aliphatic heterocycles. The van der Waals surface area contributed by atoms with E-state index in [-0.39, 0.29) is 24.3 Å². The van der Waals surface area contributed by atoms with Gasteiger partial charge in [0, 0.05) is 37.1 Å². The first-order valence-electron chi connectivity index (χ1n) is 9.42. The van der Waals surface area contributed by atoms with Gasteiger partial charge in [-0.3, -0.25) is 29.3 Å². The Labute approximate surface area is 168 Å². The van der Waals surface area contributed by atoms with Crippen molar-refractivity contribution in [2.45, 2.75) is 19.8 Å². The molecule has 4 rings (SSSR count). The highest BCUT2D eigenvalue weighted by molar-refractivity contribution is 6.19. The van der Waals surface area contributed by atoms with Crippen molar-refractivity contribution in [3.05, 3.63) is 53.6 Å². The van der Waals surface area contributed by atoms with E-state index in [0.29, 0.717) is 29.9 Å². The number of anilines is 1. The number of pyridine rings is 2. The first-order valence-corrected chi connectivity index (χ1v) is 9.42. The highest BCUT2D eigenvalue weighted by Crippen LogP contribution is 2.30. The molecule has 4 heterocycles. The third kappa shape index (κ3) is 3.61. The molecule has 2 aromatic rings. The van der Waals surface area contributed by atoms with Crippen molar-refractivity contribution in [1.82, 2.24) is 19.8 Å². The number of rotatable bonds is 4. The molecule has 29 heavy (non-hydrogen) atoms. The maximum Gasteiger partial charge on any atom is 0.277 e. The maximum atomic E-state index is 12.5. The number of carbonyl (C=O) groups is 3. The average Bonchev–Trinajstić information content (AvgIpc) is 2.93. The minimum Gasteiger partial charge on any atom is -0.357 e. The van der Waals surface area contributed by atoms with Gasteiger partial charge < -0.3 is 10.2 Å². The van der Waals surface area contributed by atoms with Gasteiger partial charge in [-0.15, -0.1) is 0 Å². The summed E-state index contributed by atoms with van der Waals surface area (Å²) in [5, 5.41) is 2.81. The summed E-state index contributed by atoms with van der Waals surface area (Å²) in [7, 11) is 1.47. The fourth-order valence-electron chi connectivity index (χ4n) is 3.66. The van der Waals surface area contributed by atoms with Gasteiger partial charge in [0.2, 0.25) is 5.91 Å². The number of amides is 3. The van der Waals surface area contributed by atoms with Crippen molar-refractivity contribution in [2.75, 3.05) is 25.5 Å². The predicted octanol–water partition coefficient (Wildman–Crippen LogP) is 1.74. The lowest BCUT2D eigenvalue weighted by Gasteiger charge is -2.28. The molecule has 0 saturated heterocycles. The lowest BCUT2D eigenvalue weighted by molar-refractivity contribution is -0.136. The molecule has 3 amide bonds. The third-order valence-corrected chi connectivity index (χ3v) is 5.08. The van der Waals surface area contributed by atoms with Crippen LogP contribution in [0.3, 0.4) is 0 Å². The van der Waals surface area contributed by atoms with Crippen LogP contribution >= 0.6 is 0 Å². The quantitative estimate of drug-likeness (QED) is 0.798. The summed E-state index contributed by atoms with van der Waals surface area (Å²) in [5.41, 5.74) is 4.15. The molecule has 1 N–H and O–H groups in total. The van der Waals surface area contributed by atoms with E-state index < -0.39 is 0 Å². The molecule has 0 bridgehead atoms. The fourth-order valence-corrected chi connectivity index (χ4v) is 3.66. The van der Waals surface area contributed by atoms with Crippen LogP contribution in [0.1, 0.15) is 18.4 Å². The van der Waals surface area contributed by atoms with E-state index in [2.05, 4.69) is 15.3 Å². The molecule has 8 heteroatoms. The Kier molecular flexibility index (Phi) is 4.84. The van der Waals surface area contributed by atoms with Crippen molar-refractivity contribution in [3.8, 4) is 11.3 Å². The van der Waals surface area contributed by atoms with Crippen LogP contribution < -0.4 is 5.32 Å². The highest BCUT2D eigenvalue weighted by Gasteiger charge is 2.40.